The second kappa shape index (κ2) is 8.91. The van der Waals surface area contributed by atoms with E-state index in [4.69, 9.17) is 0 Å². The molecule has 0 bridgehead atoms. The van der Waals surface area contributed by atoms with Crippen molar-refractivity contribution in [3.8, 4) is 0 Å². The van der Waals surface area contributed by atoms with E-state index in [1.54, 1.807) is 32.2 Å². The molecular formula is C21H28FN5O3. The Morgan fingerprint density at radius 3 is 2.47 bits per heavy atom. The Morgan fingerprint density at radius 2 is 1.90 bits per heavy atom. The number of halogens is 1. The first kappa shape index (κ1) is 21.9. The summed E-state index contributed by atoms with van der Waals surface area (Å²) in [5.41, 5.74) is 1.44. The zero-order valence-electron chi connectivity index (χ0n) is 17.6. The maximum atomic E-state index is 13.4. The highest BCUT2D eigenvalue weighted by atomic mass is 19.1. The van der Waals surface area contributed by atoms with E-state index in [2.05, 4.69) is 15.6 Å². The summed E-state index contributed by atoms with van der Waals surface area (Å²) in [4.78, 5) is 27.7. The molecule has 1 saturated heterocycles. The first-order chi connectivity index (χ1) is 14.2. The van der Waals surface area contributed by atoms with E-state index in [9.17, 15) is 19.1 Å². The number of amides is 2. The minimum Gasteiger partial charge on any atom is -0.391 e. The molecule has 9 heteroatoms. The van der Waals surface area contributed by atoms with Crippen molar-refractivity contribution in [2.75, 3.05) is 6.54 Å². The molecule has 1 aromatic carbocycles. The molecule has 3 rings (SSSR count). The zero-order valence-corrected chi connectivity index (χ0v) is 17.6. The average molecular weight is 417 g/mol. The molecule has 0 spiro atoms. The first-order valence-corrected chi connectivity index (χ1v) is 10.1. The maximum Gasteiger partial charge on any atom is 0.248 e. The first-order valence-electron chi connectivity index (χ1n) is 10.1. The van der Waals surface area contributed by atoms with Crippen molar-refractivity contribution in [2.24, 2.45) is 5.92 Å². The summed E-state index contributed by atoms with van der Waals surface area (Å²) in [7, 11) is 0. The molecule has 2 aromatic rings. The van der Waals surface area contributed by atoms with E-state index in [0.717, 1.165) is 5.56 Å². The van der Waals surface area contributed by atoms with Gasteiger partial charge in [-0.2, -0.15) is 0 Å². The van der Waals surface area contributed by atoms with E-state index < -0.39 is 18.2 Å². The lowest BCUT2D eigenvalue weighted by atomic mass is 10.0. The Kier molecular flexibility index (Phi) is 6.50. The lowest BCUT2D eigenvalue weighted by Crippen LogP contribution is -2.49. The van der Waals surface area contributed by atoms with Crippen molar-refractivity contribution < 1.29 is 19.1 Å². The predicted octanol–water partition coefficient (Wildman–Crippen LogP) is 1.76. The summed E-state index contributed by atoms with van der Waals surface area (Å²) in [6.45, 7) is 7.46. The minimum absolute atomic E-state index is 0.0821. The Bertz CT molecular complexity index is 898. The van der Waals surface area contributed by atoms with Gasteiger partial charge >= 0.3 is 0 Å². The summed E-state index contributed by atoms with van der Waals surface area (Å²) < 4.78 is 14.7. The van der Waals surface area contributed by atoms with E-state index in [-0.39, 0.29) is 42.6 Å². The second-order valence-electron chi connectivity index (χ2n) is 8.21. The lowest BCUT2D eigenvalue weighted by Gasteiger charge is -2.30. The van der Waals surface area contributed by atoms with Gasteiger partial charge in [0.25, 0.3) is 0 Å². The van der Waals surface area contributed by atoms with Gasteiger partial charge in [0.05, 0.1) is 17.8 Å². The minimum atomic E-state index is -0.790. The number of nitrogens with zero attached hydrogens (tertiary/aromatic N) is 4. The van der Waals surface area contributed by atoms with E-state index in [1.165, 1.54) is 21.7 Å². The monoisotopic (exact) mass is 417 g/mol. The zero-order chi connectivity index (χ0) is 22.0. The number of hydrogen-bond donors (Lipinski definition) is 2. The van der Waals surface area contributed by atoms with Crippen LogP contribution in [0, 0.1) is 18.7 Å². The van der Waals surface area contributed by atoms with E-state index >= 15 is 0 Å². The van der Waals surface area contributed by atoms with Gasteiger partial charge in [-0.05, 0) is 37.5 Å². The van der Waals surface area contributed by atoms with Gasteiger partial charge in [0.1, 0.15) is 17.9 Å². The number of carbonyl (C=O) groups excluding carboxylic acids is 2. The van der Waals surface area contributed by atoms with Crippen LogP contribution in [-0.2, 0) is 9.59 Å². The number of β-amino-alcohol motifs (C(OH)–C–C–N with tert-alkyl or cyclic N) is 1. The Balaban J connectivity index is 1.77. The third-order valence-electron chi connectivity index (χ3n) is 5.39. The van der Waals surface area contributed by atoms with Crippen LogP contribution in [0.15, 0.2) is 30.5 Å². The Hall–Kier alpha value is -2.81. The number of aliphatic hydroxyl groups excluding tert-OH is 1. The summed E-state index contributed by atoms with van der Waals surface area (Å²) in [6, 6.07) is 4.10. The fourth-order valence-electron chi connectivity index (χ4n) is 3.83. The molecular weight excluding hydrogens is 389 g/mol. The maximum absolute atomic E-state index is 13.4. The average Bonchev–Trinajstić information content (AvgIpc) is 3.27. The third kappa shape index (κ3) is 4.67. The van der Waals surface area contributed by atoms with Crippen LogP contribution in [0.3, 0.4) is 0 Å². The summed E-state index contributed by atoms with van der Waals surface area (Å²) in [5.74, 6) is -1.07. The van der Waals surface area contributed by atoms with Crippen LogP contribution in [0.2, 0.25) is 0 Å². The van der Waals surface area contributed by atoms with Crippen molar-refractivity contribution in [1.29, 1.82) is 0 Å². The highest BCUT2D eigenvalue weighted by Crippen LogP contribution is 2.27. The van der Waals surface area contributed by atoms with Crippen LogP contribution in [-0.4, -0.2) is 55.5 Å². The van der Waals surface area contributed by atoms with Gasteiger partial charge in [-0.15, -0.1) is 5.10 Å². The van der Waals surface area contributed by atoms with Gasteiger partial charge in [0, 0.05) is 19.2 Å². The molecule has 0 saturated carbocycles. The Morgan fingerprint density at radius 1 is 1.23 bits per heavy atom. The predicted molar refractivity (Wildman–Crippen MR) is 108 cm³/mol. The largest absolute Gasteiger partial charge is 0.391 e. The van der Waals surface area contributed by atoms with Crippen molar-refractivity contribution in [3.05, 3.63) is 47.5 Å². The molecule has 0 unspecified atom stereocenters. The lowest BCUT2D eigenvalue weighted by molar-refractivity contribution is -0.142. The number of nitrogens with one attached hydrogen (secondary N) is 1. The second-order valence-corrected chi connectivity index (χ2v) is 8.21. The number of benzene rings is 1. The standard InChI is InChI=1S/C21H28FN5O3/c1-12(2)19(27-10-13(3)24-25-27)21(30)26-11-17(28)9-18(26)20(29)23-14(4)15-5-7-16(22)8-6-15/h5-8,10,12,14,17-19,28H,9,11H2,1-4H3,(H,23,29)/t14-,17+,18-,19-/m0/s1. The van der Waals surface area contributed by atoms with Crippen LogP contribution in [0.4, 0.5) is 4.39 Å². The van der Waals surface area contributed by atoms with Gasteiger partial charge in [0.15, 0.2) is 0 Å². The van der Waals surface area contributed by atoms with E-state index in [0.29, 0.717) is 5.69 Å². The molecule has 1 fully saturated rings. The fraction of sp³-hybridized carbons (Fsp3) is 0.524. The molecule has 30 heavy (non-hydrogen) atoms. The van der Waals surface area contributed by atoms with Crippen LogP contribution in [0.5, 0.6) is 0 Å². The summed E-state index contributed by atoms with van der Waals surface area (Å²) >= 11 is 0. The normalized spacial score (nSPS) is 21.0. The molecule has 2 heterocycles. The molecule has 1 aliphatic heterocycles. The summed E-state index contributed by atoms with van der Waals surface area (Å²) in [6.07, 6.45) is 1.08. The van der Waals surface area contributed by atoms with Crippen LogP contribution in [0.25, 0.3) is 0 Å². The molecule has 0 aliphatic carbocycles. The third-order valence-corrected chi connectivity index (χ3v) is 5.39. The summed E-state index contributed by atoms with van der Waals surface area (Å²) in [5, 5.41) is 21.1. The van der Waals surface area contributed by atoms with Crippen molar-refractivity contribution >= 4 is 11.8 Å². The number of hydrogen-bond acceptors (Lipinski definition) is 5. The van der Waals surface area contributed by atoms with Crippen LogP contribution < -0.4 is 5.32 Å². The Labute approximate surface area is 175 Å². The SMILES string of the molecule is Cc1cn([C@H](C(=O)N2C[C@H](O)C[C@H]2C(=O)N[C@@H](C)c2ccc(F)cc2)C(C)C)nn1. The van der Waals surface area contributed by atoms with Gasteiger partial charge < -0.3 is 15.3 Å². The van der Waals surface area contributed by atoms with Crippen molar-refractivity contribution in [2.45, 2.75) is 58.3 Å². The molecule has 2 amide bonds. The number of carbonyl (C=O) groups is 2. The highest BCUT2D eigenvalue weighted by molar-refractivity contribution is 5.90. The molecule has 1 aliphatic rings. The van der Waals surface area contributed by atoms with Crippen LogP contribution in [0.1, 0.15) is 50.5 Å². The van der Waals surface area contributed by atoms with Gasteiger partial charge in [-0.1, -0.05) is 31.2 Å². The molecule has 2 N–H and O–H groups in total. The number of likely N-dealkylation sites (tertiary alicyclic amines) is 1. The molecule has 0 radical (unpaired) electrons. The molecule has 1 aromatic heterocycles. The van der Waals surface area contributed by atoms with Crippen LogP contribution >= 0.6 is 0 Å². The number of aryl methyl sites for hydroxylation is 1. The molecule has 162 valence electrons. The number of rotatable bonds is 6. The number of aliphatic hydroxyl groups is 1. The van der Waals surface area contributed by atoms with Gasteiger partial charge in [-0.3, -0.25) is 9.59 Å². The fourth-order valence-corrected chi connectivity index (χ4v) is 3.83. The number of aromatic nitrogens is 3. The topological polar surface area (TPSA) is 100 Å². The van der Waals surface area contributed by atoms with Gasteiger partial charge in [0.2, 0.25) is 11.8 Å². The van der Waals surface area contributed by atoms with Gasteiger partial charge in [-0.25, -0.2) is 9.07 Å². The van der Waals surface area contributed by atoms with Crippen molar-refractivity contribution in [1.82, 2.24) is 25.2 Å². The molecule has 4 atom stereocenters. The smallest absolute Gasteiger partial charge is 0.248 e. The highest BCUT2D eigenvalue weighted by Gasteiger charge is 2.42. The van der Waals surface area contributed by atoms with Crippen molar-refractivity contribution in [3.63, 3.8) is 0 Å². The van der Waals surface area contributed by atoms with E-state index in [1.807, 2.05) is 13.8 Å². The molecule has 8 nitrogen and oxygen atoms in total. The quantitative estimate of drug-likeness (QED) is 0.746.